The van der Waals surface area contributed by atoms with Crippen LogP contribution in [0.3, 0.4) is 0 Å². The molecule has 4 heteroatoms. The van der Waals surface area contributed by atoms with Crippen molar-refractivity contribution in [3.63, 3.8) is 0 Å². The maximum Gasteiger partial charge on any atom is 0.251 e. The lowest BCUT2D eigenvalue weighted by molar-refractivity contribution is 0.0939. The highest BCUT2D eigenvalue weighted by atomic mass is 32.1. The summed E-state index contributed by atoms with van der Waals surface area (Å²) in [5, 5.41) is 2.91. The van der Waals surface area contributed by atoms with Crippen molar-refractivity contribution in [2.24, 2.45) is 0 Å². The Labute approximate surface area is 112 Å². The van der Waals surface area contributed by atoms with Crippen LogP contribution in [0.25, 0.3) is 0 Å². The zero-order chi connectivity index (χ0) is 13.0. The summed E-state index contributed by atoms with van der Waals surface area (Å²) in [4.78, 5) is 17.0. The number of amides is 1. The van der Waals surface area contributed by atoms with Crippen LogP contribution in [0, 0.1) is 0 Å². The molecule has 0 aliphatic heterocycles. The molecule has 3 nitrogen and oxygen atoms in total. The third-order valence-corrected chi connectivity index (χ3v) is 2.91. The van der Waals surface area contributed by atoms with Gasteiger partial charge in [-0.15, -0.1) is 12.6 Å². The summed E-state index contributed by atoms with van der Waals surface area (Å²) >= 11 is 4.19. The van der Waals surface area contributed by atoms with E-state index in [4.69, 9.17) is 0 Å². The van der Waals surface area contributed by atoms with E-state index >= 15 is 0 Å². The third kappa shape index (κ3) is 3.11. The predicted octanol–water partition coefficient (Wildman–Crippen LogP) is 2.86. The lowest BCUT2D eigenvalue weighted by atomic mass is 10.1. The van der Waals surface area contributed by atoms with Crippen LogP contribution >= 0.6 is 12.6 Å². The summed E-state index contributed by atoms with van der Waals surface area (Å²) in [5.41, 5.74) is 1.47. The number of aromatic nitrogens is 1. The molecule has 2 rings (SSSR count). The van der Waals surface area contributed by atoms with Crippen LogP contribution in [0.1, 0.15) is 29.0 Å². The van der Waals surface area contributed by atoms with Crippen LogP contribution in [-0.4, -0.2) is 10.9 Å². The van der Waals surface area contributed by atoms with Crippen molar-refractivity contribution in [3.8, 4) is 0 Å². The van der Waals surface area contributed by atoms with Crippen LogP contribution in [0.5, 0.6) is 0 Å². The fourth-order valence-electron chi connectivity index (χ4n) is 1.60. The maximum atomic E-state index is 12.0. The van der Waals surface area contributed by atoms with Crippen molar-refractivity contribution < 1.29 is 4.79 Å². The summed E-state index contributed by atoms with van der Waals surface area (Å²) in [5.74, 6) is -0.110. The van der Waals surface area contributed by atoms with E-state index in [1.165, 1.54) is 0 Å². The predicted molar refractivity (Wildman–Crippen MR) is 73.8 cm³/mol. The highest BCUT2D eigenvalue weighted by molar-refractivity contribution is 7.80. The minimum atomic E-state index is -0.116. The van der Waals surface area contributed by atoms with E-state index in [-0.39, 0.29) is 11.9 Å². The fourth-order valence-corrected chi connectivity index (χ4v) is 1.75. The van der Waals surface area contributed by atoms with Gasteiger partial charge in [-0.2, -0.15) is 0 Å². The minimum absolute atomic E-state index is 0.110. The van der Waals surface area contributed by atoms with Crippen molar-refractivity contribution in [2.45, 2.75) is 17.9 Å². The number of nitrogens with zero attached hydrogens (tertiary/aromatic N) is 1. The lowest BCUT2D eigenvalue weighted by Crippen LogP contribution is -2.27. The molecule has 0 spiro atoms. The smallest absolute Gasteiger partial charge is 0.251 e. The number of hydrogen-bond acceptors (Lipinski definition) is 3. The first kappa shape index (κ1) is 12.6. The molecule has 0 saturated carbocycles. The van der Waals surface area contributed by atoms with E-state index < -0.39 is 0 Å². The van der Waals surface area contributed by atoms with Crippen LogP contribution < -0.4 is 5.32 Å². The summed E-state index contributed by atoms with van der Waals surface area (Å²) in [6, 6.07) is 12.6. The molecule has 92 valence electrons. The molecule has 2 aromatic rings. The Bertz CT molecular complexity index is 525. The van der Waals surface area contributed by atoms with Crippen molar-refractivity contribution in [3.05, 3.63) is 59.9 Å². The normalized spacial score (nSPS) is 11.9. The molecule has 18 heavy (non-hydrogen) atoms. The standard InChI is InChI=1S/C14H14N2OS/c1-10(13-4-2-3-9-15-13)16-14(17)11-5-7-12(18)8-6-11/h2-10,18H,1H3,(H,16,17). The van der Waals surface area contributed by atoms with E-state index in [0.29, 0.717) is 5.56 Å². The fraction of sp³-hybridized carbons (Fsp3) is 0.143. The second kappa shape index (κ2) is 5.69. The Morgan fingerprint density at radius 1 is 1.22 bits per heavy atom. The van der Waals surface area contributed by atoms with Gasteiger partial charge in [0.1, 0.15) is 0 Å². The van der Waals surface area contributed by atoms with Gasteiger partial charge in [0.05, 0.1) is 11.7 Å². The Morgan fingerprint density at radius 3 is 2.56 bits per heavy atom. The number of carbonyl (C=O) groups excluding carboxylic acids is 1. The second-order valence-corrected chi connectivity index (χ2v) is 4.51. The van der Waals surface area contributed by atoms with Gasteiger partial charge in [0.15, 0.2) is 0 Å². The van der Waals surface area contributed by atoms with Gasteiger partial charge in [0, 0.05) is 16.7 Å². The third-order valence-electron chi connectivity index (χ3n) is 2.61. The molecule has 0 aliphatic rings. The molecular formula is C14H14N2OS. The number of hydrogen-bond donors (Lipinski definition) is 2. The molecule has 1 aromatic heterocycles. The average Bonchev–Trinajstić information content (AvgIpc) is 2.40. The number of rotatable bonds is 3. The number of pyridine rings is 1. The maximum absolute atomic E-state index is 12.0. The molecule has 0 bridgehead atoms. The van der Waals surface area contributed by atoms with E-state index in [0.717, 1.165) is 10.6 Å². The van der Waals surface area contributed by atoms with Gasteiger partial charge in [-0.05, 0) is 43.3 Å². The molecule has 1 heterocycles. The Hall–Kier alpha value is -1.81. The zero-order valence-corrected chi connectivity index (χ0v) is 10.9. The second-order valence-electron chi connectivity index (χ2n) is 4.00. The molecule has 1 amide bonds. The SMILES string of the molecule is CC(NC(=O)c1ccc(S)cc1)c1ccccn1. The Kier molecular flexibility index (Phi) is 3.99. The van der Waals surface area contributed by atoms with E-state index in [1.54, 1.807) is 30.5 Å². The highest BCUT2D eigenvalue weighted by Gasteiger charge is 2.11. The van der Waals surface area contributed by atoms with Crippen molar-refractivity contribution in [1.82, 2.24) is 10.3 Å². The topological polar surface area (TPSA) is 42.0 Å². The Balaban J connectivity index is 2.06. The minimum Gasteiger partial charge on any atom is -0.344 e. The number of benzene rings is 1. The van der Waals surface area contributed by atoms with Crippen LogP contribution in [0.4, 0.5) is 0 Å². The molecule has 1 atom stereocenters. The van der Waals surface area contributed by atoms with Crippen LogP contribution in [-0.2, 0) is 0 Å². The first-order valence-electron chi connectivity index (χ1n) is 5.67. The highest BCUT2D eigenvalue weighted by Crippen LogP contribution is 2.11. The van der Waals surface area contributed by atoms with Gasteiger partial charge in [0.25, 0.3) is 5.91 Å². The van der Waals surface area contributed by atoms with Gasteiger partial charge in [0.2, 0.25) is 0 Å². The van der Waals surface area contributed by atoms with Gasteiger partial charge in [-0.3, -0.25) is 9.78 Å². The van der Waals surface area contributed by atoms with Crippen molar-refractivity contribution in [2.75, 3.05) is 0 Å². The van der Waals surface area contributed by atoms with Gasteiger partial charge >= 0.3 is 0 Å². The molecule has 0 saturated heterocycles. The van der Waals surface area contributed by atoms with E-state index in [9.17, 15) is 4.79 Å². The summed E-state index contributed by atoms with van der Waals surface area (Å²) in [6.07, 6.45) is 1.72. The molecule has 0 radical (unpaired) electrons. The van der Waals surface area contributed by atoms with Gasteiger partial charge in [-0.25, -0.2) is 0 Å². The molecule has 0 aliphatic carbocycles. The molecule has 1 N–H and O–H groups in total. The van der Waals surface area contributed by atoms with Gasteiger partial charge in [-0.1, -0.05) is 6.07 Å². The average molecular weight is 258 g/mol. The molecule has 1 unspecified atom stereocenters. The zero-order valence-electron chi connectivity index (χ0n) is 10.00. The van der Waals surface area contributed by atoms with Gasteiger partial charge < -0.3 is 5.32 Å². The van der Waals surface area contributed by atoms with Crippen LogP contribution in [0.2, 0.25) is 0 Å². The summed E-state index contributed by atoms with van der Waals surface area (Å²) < 4.78 is 0. The van der Waals surface area contributed by atoms with Crippen molar-refractivity contribution in [1.29, 1.82) is 0 Å². The largest absolute Gasteiger partial charge is 0.344 e. The summed E-state index contributed by atoms with van der Waals surface area (Å²) in [7, 11) is 0. The number of carbonyl (C=O) groups is 1. The number of thiol groups is 1. The quantitative estimate of drug-likeness (QED) is 0.831. The molecule has 0 fully saturated rings. The summed E-state index contributed by atoms with van der Waals surface area (Å²) in [6.45, 7) is 1.91. The van der Waals surface area contributed by atoms with Crippen molar-refractivity contribution >= 4 is 18.5 Å². The first-order chi connectivity index (χ1) is 8.66. The monoisotopic (exact) mass is 258 g/mol. The Morgan fingerprint density at radius 2 is 1.94 bits per heavy atom. The molecular weight excluding hydrogens is 244 g/mol. The van der Waals surface area contributed by atoms with E-state index in [2.05, 4.69) is 22.9 Å². The molecule has 1 aromatic carbocycles. The first-order valence-corrected chi connectivity index (χ1v) is 6.12. The number of nitrogens with one attached hydrogen (secondary N) is 1. The lowest BCUT2D eigenvalue weighted by Gasteiger charge is -2.13. The van der Waals surface area contributed by atoms with E-state index in [1.807, 2.05) is 25.1 Å². The van der Waals surface area contributed by atoms with Crippen LogP contribution in [0.15, 0.2) is 53.6 Å².